The molecule has 0 atom stereocenters. The molecular weight excluding hydrogens is 418 g/mol. The number of carbonyl (C=O) groups is 1. The molecule has 0 saturated carbocycles. The van der Waals surface area contributed by atoms with E-state index in [9.17, 15) is 9.59 Å². The summed E-state index contributed by atoms with van der Waals surface area (Å²) >= 11 is 7.48. The molecule has 1 amide bonds. The molecule has 0 radical (unpaired) electrons. The Bertz CT molecular complexity index is 1290. The number of nitrogens with zero attached hydrogens (tertiary/aromatic N) is 2. The lowest BCUT2D eigenvalue weighted by Gasteiger charge is -2.11. The van der Waals surface area contributed by atoms with Crippen molar-refractivity contribution in [2.24, 2.45) is 0 Å². The Morgan fingerprint density at radius 1 is 1.17 bits per heavy atom. The summed E-state index contributed by atoms with van der Waals surface area (Å²) in [6.45, 7) is 3.90. The highest BCUT2D eigenvalue weighted by atomic mass is 35.5. The van der Waals surface area contributed by atoms with Crippen LogP contribution in [0.3, 0.4) is 0 Å². The fourth-order valence-electron chi connectivity index (χ4n) is 3.51. The van der Waals surface area contributed by atoms with Gasteiger partial charge >= 0.3 is 0 Å². The number of anilines is 1. The second-order valence-corrected chi connectivity index (χ2v) is 8.60. The van der Waals surface area contributed by atoms with Gasteiger partial charge in [-0.05, 0) is 42.7 Å². The van der Waals surface area contributed by atoms with Crippen molar-refractivity contribution < 1.29 is 4.79 Å². The van der Waals surface area contributed by atoms with Crippen LogP contribution < -0.4 is 10.9 Å². The standard InChI is InChI=1S/C23H20ClN3O2S/c1-3-15-6-4-5-7-18(15)26-19(28)12-27-13-25-22-21(23(27)29)20(14(2)30-22)16-8-10-17(24)11-9-16/h4-11,13H,3,12H2,1-2H3,(H,26,28). The molecule has 0 bridgehead atoms. The van der Waals surface area contributed by atoms with Gasteiger partial charge in [0, 0.05) is 21.2 Å². The summed E-state index contributed by atoms with van der Waals surface area (Å²) < 4.78 is 1.36. The molecule has 0 aliphatic heterocycles. The number of halogens is 1. The average molecular weight is 438 g/mol. The molecule has 7 heteroatoms. The quantitative estimate of drug-likeness (QED) is 0.461. The smallest absolute Gasteiger partial charge is 0.263 e. The molecule has 0 aliphatic rings. The molecular formula is C23H20ClN3O2S. The predicted octanol–water partition coefficient (Wildman–Crippen LogP) is 5.29. The van der Waals surface area contributed by atoms with E-state index in [4.69, 9.17) is 11.6 Å². The van der Waals surface area contributed by atoms with Crippen LogP contribution in [0, 0.1) is 6.92 Å². The van der Waals surface area contributed by atoms with Crippen LogP contribution in [-0.4, -0.2) is 15.5 Å². The number of aromatic nitrogens is 2. The molecule has 0 saturated heterocycles. The lowest BCUT2D eigenvalue weighted by Crippen LogP contribution is -2.28. The van der Waals surface area contributed by atoms with Gasteiger partial charge in [0.2, 0.25) is 5.91 Å². The number of fused-ring (bicyclic) bond motifs is 1. The number of benzene rings is 2. The van der Waals surface area contributed by atoms with Crippen LogP contribution in [0.15, 0.2) is 59.7 Å². The highest BCUT2D eigenvalue weighted by Gasteiger charge is 2.18. The number of rotatable bonds is 5. The largest absolute Gasteiger partial charge is 0.324 e. The number of carbonyl (C=O) groups excluding carboxylic acids is 1. The average Bonchev–Trinajstić information content (AvgIpc) is 3.08. The molecule has 0 fully saturated rings. The van der Waals surface area contributed by atoms with Crippen molar-refractivity contribution in [1.29, 1.82) is 0 Å². The second-order valence-electron chi connectivity index (χ2n) is 6.96. The Morgan fingerprint density at radius 2 is 1.90 bits per heavy atom. The molecule has 0 unspecified atom stereocenters. The molecule has 5 nitrogen and oxygen atoms in total. The van der Waals surface area contributed by atoms with Gasteiger partial charge < -0.3 is 5.32 Å². The lowest BCUT2D eigenvalue weighted by atomic mass is 10.0. The summed E-state index contributed by atoms with van der Waals surface area (Å²) in [5.41, 5.74) is 3.33. The maximum absolute atomic E-state index is 13.2. The van der Waals surface area contributed by atoms with Crippen LogP contribution in [0.2, 0.25) is 5.02 Å². The van der Waals surface area contributed by atoms with Crippen molar-refractivity contribution in [3.05, 3.63) is 80.7 Å². The number of hydrogen-bond donors (Lipinski definition) is 1. The summed E-state index contributed by atoms with van der Waals surface area (Å²) in [6, 6.07) is 15.0. The number of hydrogen-bond acceptors (Lipinski definition) is 4. The SMILES string of the molecule is CCc1ccccc1NC(=O)Cn1cnc2sc(C)c(-c3ccc(Cl)cc3)c2c1=O. The number of aryl methyl sites for hydroxylation is 2. The van der Waals surface area contributed by atoms with Crippen molar-refractivity contribution >= 4 is 44.7 Å². The summed E-state index contributed by atoms with van der Waals surface area (Å²) in [7, 11) is 0. The first-order valence-electron chi connectivity index (χ1n) is 9.60. The highest BCUT2D eigenvalue weighted by Crippen LogP contribution is 2.35. The summed E-state index contributed by atoms with van der Waals surface area (Å²) in [5, 5.41) is 4.07. The summed E-state index contributed by atoms with van der Waals surface area (Å²) in [6.07, 6.45) is 2.25. The van der Waals surface area contributed by atoms with E-state index in [0.717, 1.165) is 33.7 Å². The molecule has 152 valence electrons. The first kappa shape index (κ1) is 20.3. The molecule has 2 aromatic heterocycles. The second kappa shape index (κ2) is 8.42. The van der Waals surface area contributed by atoms with Crippen molar-refractivity contribution in [3.63, 3.8) is 0 Å². The maximum atomic E-state index is 13.2. The molecule has 2 heterocycles. The summed E-state index contributed by atoms with van der Waals surface area (Å²) in [4.78, 5) is 32.0. The van der Waals surface area contributed by atoms with E-state index < -0.39 is 0 Å². The van der Waals surface area contributed by atoms with Crippen molar-refractivity contribution in [2.75, 3.05) is 5.32 Å². The number of amides is 1. The van der Waals surface area contributed by atoms with E-state index in [-0.39, 0.29) is 18.0 Å². The van der Waals surface area contributed by atoms with E-state index in [1.54, 1.807) is 12.1 Å². The van der Waals surface area contributed by atoms with Crippen LogP contribution in [0.4, 0.5) is 5.69 Å². The lowest BCUT2D eigenvalue weighted by molar-refractivity contribution is -0.116. The highest BCUT2D eigenvalue weighted by molar-refractivity contribution is 7.19. The van der Waals surface area contributed by atoms with E-state index in [1.165, 1.54) is 22.2 Å². The Balaban J connectivity index is 1.70. The van der Waals surface area contributed by atoms with Crippen LogP contribution in [0.25, 0.3) is 21.3 Å². The Labute approximate surface area is 183 Å². The van der Waals surface area contributed by atoms with Crippen molar-refractivity contribution in [2.45, 2.75) is 26.8 Å². The Hall–Kier alpha value is -2.96. The van der Waals surface area contributed by atoms with Crippen molar-refractivity contribution in [3.8, 4) is 11.1 Å². The Kier molecular flexibility index (Phi) is 5.70. The van der Waals surface area contributed by atoms with Gasteiger partial charge in [-0.1, -0.05) is 48.9 Å². The normalized spacial score (nSPS) is 11.0. The zero-order valence-corrected chi connectivity index (χ0v) is 18.2. The number of thiophene rings is 1. The molecule has 4 aromatic rings. The van der Waals surface area contributed by atoms with Crippen LogP contribution in [-0.2, 0) is 17.8 Å². The third-order valence-electron chi connectivity index (χ3n) is 4.97. The topological polar surface area (TPSA) is 64.0 Å². The molecule has 2 aromatic carbocycles. The van der Waals surface area contributed by atoms with Gasteiger partial charge in [0.25, 0.3) is 5.56 Å². The van der Waals surface area contributed by atoms with E-state index >= 15 is 0 Å². The minimum atomic E-state index is -0.265. The van der Waals surface area contributed by atoms with E-state index in [2.05, 4.69) is 10.3 Å². The molecule has 1 N–H and O–H groups in total. The third-order valence-corrected chi connectivity index (χ3v) is 6.24. The van der Waals surface area contributed by atoms with Gasteiger partial charge in [0.15, 0.2) is 0 Å². The Morgan fingerprint density at radius 3 is 2.63 bits per heavy atom. The van der Waals surface area contributed by atoms with Crippen LogP contribution in [0.1, 0.15) is 17.4 Å². The van der Waals surface area contributed by atoms with Gasteiger partial charge in [-0.2, -0.15) is 0 Å². The zero-order chi connectivity index (χ0) is 21.3. The zero-order valence-electron chi connectivity index (χ0n) is 16.6. The van der Waals surface area contributed by atoms with Gasteiger partial charge in [0.1, 0.15) is 11.4 Å². The first-order valence-corrected chi connectivity index (χ1v) is 10.8. The maximum Gasteiger partial charge on any atom is 0.263 e. The fraction of sp³-hybridized carbons (Fsp3) is 0.174. The summed E-state index contributed by atoms with van der Waals surface area (Å²) in [5.74, 6) is -0.265. The third kappa shape index (κ3) is 3.88. The molecule has 0 spiro atoms. The minimum absolute atomic E-state index is 0.102. The van der Waals surface area contributed by atoms with Gasteiger partial charge in [-0.15, -0.1) is 11.3 Å². The number of para-hydroxylation sites is 1. The minimum Gasteiger partial charge on any atom is -0.324 e. The monoisotopic (exact) mass is 437 g/mol. The number of nitrogens with one attached hydrogen (secondary N) is 1. The van der Waals surface area contributed by atoms with Gasteiger partial charge in [-0.3, -0.25) is 14.2 Å². The van der Waals surface area contributed by atoms with Crippen LogP contribution >= 0.6 is 22.9 Å². The van der Waals surface area contributed by atoms with E-state index in [0.29, 0.717) is 15.2 Å². The molecule has 4 rings (SSSR count). The van der Waals surface area contributed by atoms with Gasteiger partial charge in [-0.25, -0.2) is 4.98 Å². The molecule has 30 heavy (non-hydrogen) atoms. The van der Waals surface area contributed by atoms with Gasteiger partial charge in [0.05, 0.1) is 11.7 Å². The first-order chi connectivity index (χ1) is 14.5. The van der Waals surface area contributed by atoms with Crippen molar-refractivity contribution in [1.82, 2.24) is 9.55 Å². The predicted molar refractivity (Wildman–Crippen MR) is 124 cm³/mol. The molecule has 0 aliphatic carbocycles. The van der Waals surface area contributed by atoms with Crippen LogP contribution in [0.5, 0.6) is 0 Å². The fourth-order valence-corrected chi connectivity index (χ4v) is 4.64. The van der Waals surface area contributed by atoms with E-state index in [1.807, 2.05) is 50.2 Å².